The van der Waals surface area contributed by atoms with E-state index in [0.717, 1.165) is 50.9 Å². The Morgan fingerprint density at radius 1 is 0.385 bits per heavy atom. The molecule has 11 rings (SSSR count). The van der Waals surface area contributed by atoms with Crippen LogP contribution in [0.5, 0.6) is 0 Å². The second-order valence-corrected chi connectivity index (χ2v) is 14.1. The molecule has 5 aromatic carbocycles. The fraction of sp³-hybridized carbons (Fsp3) is 0.0625. The van der Waals surface area contributed by atoms with Crippen LogP contribution in [0.15, 0.2) is 158 Å². The van der Waals surface area contributed by atoms with Crippen LogP contribution >= 0.6 is 0 Å². The Morgan fingerprint density at radius 3 is 1.48 bits per heavy atom. The lowest BCUT2D eigenvalue weighted by molar-refractivity contribution is 0.794. The van der Waals surface area contributed by atoms with Crippen LogP contribution in [0.2, 0.25) is 0 Å². The Bertz CT molecular complexity index is 2840. The number of fused-ring (bicyclic) bond motifs is 13. The molecule has 0 amide bonds. The van der Waals surface area contributed by atoms with E-state index >= 15 is 0 Å². The molecular formula is C48H32N4. The third kappa shape index (κ3) is 3.89. The molecule has 4 nitrogen and oxygen atoms in total. The number of rotatable bonds is 3. The molecule has 9 aromatic rings. The first-order chi connectivity index (χ1) is 25.6. The molecule has 2 aliphatic rings. The SMILES string of the molecule is Cc1cccc(-c2cc(-n3c4ccccc4c4cc5c(cc43)C3(c4ccccc4-c4ccccc43)c3ccccc3-5)cc(-c3cccc(C)n3)n2)n1. The van der Waals surface area contributed by atoms with Gasteiger partial charge in [0.25, 0.3) is 0 Å². The van der Waals surface area contributed by atoms with E-state index in [1.807, 2.05) is 38.1 Å². The molecule has 244 valence electrons. The molecule has 0 radical (unpaired) electrons. The highest BCUT2D eigenvalue weighted by Crippen LogP contribution is 2.63. The van der Waals surface area contributed by atoms with Crippen molar-refractivity contribution >= 4 is 21.8 Å². The molecule has 0 bridgehead atoms. The number of aryl methyl sites for hydroxylation is 2. The highest BCUT2D eigenvalue weighted by molar-refractivity contribution is 6.12. The summed E-state index contributed by atoms with van der Waals surface area (Å²) in [6.45, 7) is 4.05. The first-order valence-corrected chi connectivity index (χ1v) is 17.9. The van der Waals surface area contributed by atoms with E-state index in [1.165, 1.54) is 55.3 Å². The van der Waals surface area contributed by atoms with Crippen LogP contribution in [-0.4, -0.2) is 19.5 Å². The minimum atomic E-state index is -0.430. The molecule has 0 atom stereocenters. The largest absolute Gasteiger partial charge is 0.309 e. The number of para-hydroxylation sites is 1. The molecule has 4 heterocycles. The van der Waals surface area contributed by atoms with Gasteiger partial charge in [0.2, 0.25) is 0 Å². The van der Waals surface area contributed by atoms with Crippen molar-refractivity contribution in [2.24, 2.45) is 0 Å². The summed E-state index contributed by atoms with van der Waals surface area (Å²) < 4.78 is 2.43. The van der Waals surface area contributed by atoms with Gasteiger partial charge in [-0.05, 0) is 113 Å². The van der Waals surface area contributed by atoms with Crippen molar-refractivity contribution in [2.75, 3.05) is 0 Å². The number of benzene rings is 5. The fourth-order valence-electron chi connectivity index (χ4n) is 9.11. The van der Waals surface area contributed by atoms with Crippen molar-refractivity contribution in [3.05, 3.63) is 191 Å². The van der Waals surface area contributed by atoms with Crippen LogP contribution in [0.25, 0.3) is 72.5 Å². The van der Waals surface area contributed by atoms with Crippen molar-refractivity contribution < 1.29 is 0 Å². The van der Waals surface area contributed by atoms with Gasteiger partial charge in [0.15, 0.2) is 0 Å². The van der Waals surface area contributed by atoms with Crippen molar-refractivity contribution in [1.82, 2.24) is 19.5 Å². The highest BCUT2D eigenvalue weighted by Gasteiger charge is 2.51. The first-order valence-electron chi connectivity index (χ1n) is 17.9. The fourth-order valence-corrected chi connectivity index (χ4v) is 9.11. The average Bonchev–Trinajstić information content (AvgIpc) is 3.78. The van der Waals surface area contributed by atoms with Crippen molar-refractivity contribution in [3.63, 3.8) is 0 Å². The topological polar surface area (TPSA) is 43.6 Å². The zero-order valence-corrected chi connectivity index (χ0v) is 28.8. The third-order valence-electron chi connectivity index (χ3n) is 11.2. The van der Waals surface area contributed by atoms with Gasteiger partial charge in [-0.15, -0.1) is 0 Å². The Balaban J connectivity index is 1.26. The van der Waals surface area contributed by atoms with Gasteiger partial charge in [0.05, 0.1) is 44.9 Å². The lowest BCUT2D eigenvalue weighted by Gasteiger charge is -2.30. The van der Waals surface area contributed by atoms with Crippen LogP contribution in [0.3, 0.4) is 0 Å². The molecule has 4 heteroatoms. The maximum atomic E-state index is 5.18. The van der Waals surface area contributed by atoms with Crippen LogP contribution in [0.4, 0.5) is 0 Å². The molecule has 0 aliphatic heterocycles. The van der Waals surface area contributed by atoms with Crippen LogP contribution in [0, 0.1) is 13.8 Å². The Morgan fingerprint density at radius 2 is 0.904 bits per heavy atom. The molecule has 0 saturated carbocycles. The number of aromatic nitrogens is 4. The van der Waals surface area contributed by atoms with Crippen molar-refractivity contribution in [1.29, 1.82) is 0 Å². The predicted octanol–water partition coefficient (Wildman–Crippen LogP) is 11.3. The smallest absolute Gasteiger partial charge is 0.0915 e. The van der Waals surface area contributed by atoms with Crippen LogP contribution in [-0.2, 0) is 5.41 Å². The zero-order valence-electron chi connectivity index (χ0n) is 28.8. The monoisotopic (exact) mass is 664 g/mol. The molecule has 4 aromatic heterocycles. The molecule has 2 aliphatic carbocycles. The van der Waals surface area contributed by atoms with E-state index < -0.39 is 5.41 Å². The van der Waals surface area contributed by atoms with Gasteiger partial charge in [-0.1, -0.05) is 103 Å². The van der Waals surface area contributed by atoms with Gasteiger partial charge in [-0.3, -0.25) is 9.97 Å². The summed E-state index contributed by atoms with van der Waals surface area (Å²) in [7, 11) is 0. The lowest BCUT2D eigenvalue weighted by atomic mass is 9.70. The predicted molar refractivity (Wildman–Crippen MR) is 211 cm³/mol. The van der Waals surface area contributed by atoms with Gasteiger partial charge in [-0.25, -0.2) is 4.98 Å². The summed E-state index contributed by atoms with van der Waals surface area (Å²) in [5.41, 5.74) is 18.7. The van der Waals surface area contributed by atoms with Gasteiger partial charge in [0.1, 0.15) is 0 Å². The second-order valence-electron chi connectivity index (χ2n) is 14.1. The maximum absolute atomic E-state index is 5.18. The lowest BCUT2D eigenvalue weighted by Crippen LogP contribution is -2.25. The molecule has 0 N–H and O–H groups in total. The summed E-state index contributed by atoms with van der Waals surface area (Å²) in [5, 5.41) is 2.44. The maximum Gasteiger partial charge on any atom is 0.0915 e. The van der Waals surface area contributed by atoms with Gasteiger partial charge >= 0.3 is 0 Å². The average molecular weight is 665 g/mol. The van der Waals surface area contributed by atoms with E-state index in [0.29, 0.717) is 0 Å². The summed E-state index contributed by atoms with van der Waals surface area (Å²) >= 11 is 0. The Labute approximate surface area is 301 Å². The number of hydrogen-bond donors (Lipinski definition) is 0. The molecule has 0 fully saturated rings. The number of pyridine rings is 3. The number of nitrogens with zero attached hydrogens (tertiary/aromatic N) is 4. The van der Waals surface area contributed by atoms with Crippen LogP contribution < -0.4 is 0 Å². The molecule has 0 saturated heterocycles. The third-order valence-corrected chi connectivity index (χ3v) is 11.2. The van der Waals surface area contributed by atoms with Gasteiger partial charge in [0, 0.05) is 22.2 Å². The summed E-state index contributed by atoms with van der Waals surface area (Å²) in [6.07, 6.45) is 0. The first kappa shape index (κ1) is 29.1. The Hall–Kier alpha value is -6.65. The standard InChI is InChI=1S/C48H32N4/c1-29-13-11-22-42(49-29)44-25-31(26-45(51-44)43-23-12-14-30(2)50-43)52-46-24-10-6-18-35(46)37-27-36-34-17-5-9-21-40(34)48(41(36)28-47(37)52)38-19-7-3-15-32(38)33-16-4-8-20-39(33)48/h3-28H,1-2H3. The summed E-state index contributed by atoms with van der Waals surface area (Å²) in [6, 6.07) is 57.3. The molecule has 1 spiro atoms. The van der Waals surface area contributed by atoms with E-state index in [-0.39, 0.29) is 0 Å². The van der Waals surface area contributed by atoms with Gasteiger partial charge < -0.3 is 4.57 Å². The molecule has 52 heavy (non-hydrogen) atoms. The van der Waals surface area contributed by atoms with Crippen molar-refractivity contribution in [2.45, 2.75) is 19.3 Å². The van der Waals surface area contributed by atoms with E-state index in [2.05, 4.69) is 138 Å². The molecule has 0 unspecified atom stereocenters. The van der Waals surface area contributed by atoms with E-state index in [1.54, 1.807) is 0 Å². The van der Waals surface area contributed by atoms with E-state index in [9.17, 15) is 0 Å². The summed E-state index contributed by atoms with van der Waals surface area (Å²) in [4.78, 5) is 15.0. The quantitative estimate of drug-likeness (QED) is 0.189. The summed E-state index contributed by atoms with van der Waals surface area (Å²) in [5.74, 6) is 0. The Kier molecular flexibility index (Phi) is 5.98. The second kappa shape index (κ2) is 10.7. The van der Waals surface area contributed by atoms with E-state index in [4.69, 9.17) is 15.0 Å². The van der Waals surface area contributed by atoms with Crippen molar-refractivity contribution in [3.8, 4) is 50.7 Å². The highest BCUT2D eigenvalue weighted by atomic mass is 15.0. The normalized spacial score (nSPS) is 13.3. The minimum absolute atomic E-state index is 0.430. The minimum Gasteiger partial charge on any atom is -0.309 e. The van der Waals surface area contributed by atoms with Crippen LogP contribution in [0.1, 0.15) is 33.6 Å². The molecular weight excluding hydrogens is 633 g/mol. The van der Waals surface area contributed by atoms with Gasteiger partial charge in [-0.2, -0.15) is 0 Å². The number of hydrogen-bond acceptors (Lipinski definition) is 3. The zero-order chi connectivity index (χ0) is 34.6.